The zero-order valence-corrected chi connectivity index (χ0v) is 5.45. The van der Waals surface area contributed by atoms with Gasteiger partial charge >= 0.3 is 12.0 Å². The fourth-order valence-electron chi connectivity index (χ4n) is 0.970. The van der Waals surface area contributed by atoms with Crippen molar-refractivity contribution in [2.75, 3.05) is 0 Å². The van der Waals surface area contributed by atoms with Crippen LogP contribution in [0.3, 0.4) is 0 Å². The summed E-state index contributed by atoms with van der Waals surface area (Å²) >= 11 is 0. The molecule has 0 unspecified atom stereocenters. The van der Waals surface area contributed by atoms with Gasteiger partial charge in [0, 0.05) is 6.07 Å². The molecule has 10 heavy (non-hydrogen) atoms. The van der Waals surface area contributed by atoms with Crippen molar-refractivity contribution in [2.24, 2.45) is 0 Å². The summed E-state index contributed by atoms with van der Waals surface area (Å²) in [5.74, 6) is 0.935. The van der Waals surface area contributed by atoms with E-state index < -0.39 is 0 Å². The van der Waals surface area contributed by atoms with Crippen molar-refractivity contribution in [3.8, 4) is 11.3 Å². The van der Waals surface area contributed by atoms with E-state index in [0.29, 0.717) is 0 Å². The Morgan fingerprint density at radius 1 is 0.900 bits per heavy atom. The summed E-state index contributed by atoms with van der Waals surface area (Å²) in [5.41, 5.74) is 1.14. The minimum absolute atomic E-state index is 0.935. The van der Waals surface area contributed by atoms with Crippen molar-refractivity contribution < 1.29 is 4.42 Å². The van der Waals surface area contributed by atoms with E-state index in [2.05, 4.69) is 0 Å². The monoisotopic (exact) mass is 131 g/mol. The highest BCUT2D eigenvalue weighted by Gasteiger charge is 2.10. The first-order valence-electron chi connectivity index (χ1n) is 3.22. The van der Waals surface area contributed by atoms with Crippen LogP contribution in [0.2, 0.25) is 0 Å². The van der Waals surface area contributed by atoms with Crippen LogP contribution in [0.1, 0.15) is 0 Å². The third-order valence-electron chi connectivity index (χ3n) is 1.47. The molecule has 2 rings (SSSR count). The Morgan fingerprint density at radius 3 is 2.80 bits per heavy atom. The molecule has 0 bridgehead atoms. The van der Waals surface area contributed by atoms with Crippen LogP contribution in [-0.4, -0.2) is 0 Å². The molecule has 0 saturated heterocycles. The summed E-state index contributed by atoms with van der Waals surface area (Å²) < 4.78 is 5.18. The maximum absolute atomic E-state index is 5.18. The first kappa shape index (κ1) is 5.42. The highest BCUT2D eigenvalue weighted by Crippen LogP contribution is 2.19. The normalized spacial score (nSPS) is 10.0. The standard InChI is InChI=1S/C9H7O/c1-2-4-8-6-7-10-9(8)5-3-1/h1-7H/q+1. The van der Waals surface area contributed by atoms with Gasteiger partial charge in [0.05, 0.1) is 11.6 Å². The predicted octanol–water partition coefficient (Wildman–Crippen LogP) is 2.67. The lowest BCUT2D eigenvalue weighted by atomic mass is 10.2. The van der Waals surface area contributed by atoms with Crippen LogP contribution in [0.25, 0.3) is 11.3 Å². The van der Waals surface area contributed by atoms with Crippen molar-refractivity contribution >= 4 is 0 Å². The molecule has 0 aromatic rings. The molecule has 0 radical (unpaired) electrons. The van der Waals surface area contributed by atoms with Crippen LogP contribution in [0.5, 0.6) is 0 Å². The molecule has 48 valence electrons. The molecular formula is C9H7O+. The van der Waals surface area contributed by atoms with Gasteiger partial charge in [-0.15, -0.1) is 0 Å². The maximum atomic E-state index is 5.18. The second-order valence-corrected chi connectivity index (χ2v) is 2.15. The Morgan fingerprint density at radius 2 is 1.80 bits per heavy atom. The lowest BCUT2D eigenvalue weighted by Crippen LogP contribution is -1.59. The molecule has 2 aliphatic rings. The summed E-state index contributed by atoms with van der Waals surface area (Å²) in [5, 5.41) is 0. The minimum atomic E-state index is 0.935. The highest BCUT2D eigenvalue weighted by atomic mass is 16.3. The average molecular weight is 131 g/mol. The minimum Gasteiger partial charge on any atom is -0.216 e. The molecule has 1 nitrogen and oxygen atoms in total. The second-order valence-electron chi connectivity index (χ2n) is 2.15. The van der Waals surface area contributed by atoms with Crippen molar-refractivity contribution in [2.45, 2.75) is 0 Å². The first-order chi connectivity index (χ1) is 4.97. The molecule has 1 aliphatic carbocycles. The predicted molar refractivity (Wildman–Crippen MR) is 39.7 cm³/mol. The van der Waals surface area contributed by atoms with Crippen LogP contribution in [0, 0.1) is 0 Å². The number of fused-ring (bicyclic) bond motifs is 1. The van der Waals surface area contributed by atoms with Gasteiger partial charge in [-0.25, -0.2) is 4.42 Å². The average Bonchev–Trinajstić information content (AvgIpc) is 2.28. The zero-order chi connectivity index (χ0) is 6.81. The van der Waals surface area contributed by atoms with Crippen LogP contribution < -0.4 is 0 Å². The topological polar surface area (TPSA) is 11.3 Å². The summed E-state index contributed by atoms with van der Waals surface area (Å²) in [6.07, 6.45) is 1.70. The number of rotatable bonds is 0. The van der Waals surface area contributed by atoms with Gasteiger partial charge in [-0.3, -0.25) is 0 Å². The summed E-state index contributed by atoms with van der Waals surface area (Å²) in [4.78, 5) is 0. The Bertz CT molecular complexity index is 276. The zero-order valence-electron chi connectivity index (χ0n) is 5.45. The van der Waals surface area contributed by atoms with Gasteiger partial charge in [0.2, 0.25) is 0 Å². The van der Waals surface area contributed by atoms with Crippen LogP contribution >= 0.6 is 0 Å². The number of furan rings is 1. The van der Waals surface area contributed by atoms with Gasteiger partial charge < -0.3 is 0 Å². The summed E-state index contributed by atoms with van der Waals surface area (Å²) in [7, 11) is 0. The third-order valence-corrected chi connectivity index (χ3v) is 1.47. The van der Waals surface area contributed by atoms with Crippen LogP contribution in [0.15, 0.2) is 47.1 Å². The van der Waals surface area contributed by atoms with E-state index >= 15 is 0 Å². The van der Waals surface area contributed by atoms with Crippen molar-refractivity contribution in [3.05, 3.63) is 42.7 Å². The molecule has 0 amide bonds. The molecule has 1 aliphatic heterocycles. The second kappa shape index (κ2) is 2.10. The molecule has 0 N–H and O–H groups in total. The fraction of sp³-hybridized carbons (Fsp3) is 0. The van der Waals surface area contributed by atoms with Gasteiger partial charge in [-0.05, 0) is 6.07 Å². The van der Waals surface area contributed by atoms with E-state index in [1.165, 1.54) is 0 Å². The van der Waals surface area contributed by atoms with Crippen molar-refractivity contribution in [1.29, 1.82) is 0 Å². The number of hydrogen-bond donors (Lipinski definition) is 0. The fourth-order valence-corrected chi connectivity index (χ4v) is 0.970. The van der Waals surface area contributed by atoms with Gasteiger partial charge in [-0.1, -0.05) is 18.2 Å². The molecule has 1 heteroatoms. The highest BCUT2D eigenvalue weighted by molar-refractivity contribution is 5.57. The van der Waals surface area contributed by atoms with Gasteiger partial charge in [0.1, 0.15) is 0 Å². The van der Waals surface area contributed by atoms with Crippen molar-refractivity contribution in [1.82, 2.24) is 0 Å². The SMILES string of the molecule is c1ccc2cc[o+]c-2cc1. The smallest absolute Gasteiger partial charge is 0.216 e. The van der Waals surface area contributed by atoms with Crippen LogP contribution in [0.4, 0.5) is 0 Å². The molecule has 0 aromatic heterocycles. The Kier molecular flexibility index (Phi) is 1.14. The Balaban J connectivity index is 2.74. The number of hydrogen-bond acceptors (Lipinski definition) is 0. The van der Waals surface area contributed by atoms with E-state index in [1.807, 2.05) is 36.4 Å². The molecule has 0 saturated carbocycles. The van der Waals surface area contributed by atoms with Gasteiger partial charge in [-0.2, -0.15) is 0 Å². The van der Waals surface area contributed by atoms with E-state index in [-0.39, 0.29) is 0 Å². The van der Waals surface area contributed by atoms with E-state index in [9.17, 15) is 0 Å². The molecule has 1 heterocycles. The largest absolute Gasteiger partial charge is 0.360 e. The third kappa shape index (κ3) is 0.760. The van der Waals surface area contributed by atoms with Crippen LogP contribution in [-0.2, 0) is 0 Å². The van der Waals surface area contributed by atoms with E-state index in [0.717, 1.165) is 11.3 Å². The van der Waals surface area contributed by atoms with E-state index in [4.69, 9.17) is 4.42 Å². The van der Waals surface area contributed by atoms with Crippen molar-refractivity contribution in [3.63, 3.8) is 0 Å². The molecular weight excluding hydrogens is 124 g/mol. The maximum Gasteiger partial charge on any atom is 0.360 e. The summed E-state index contributed by atoms with van der Waals surface area (Å²) in [6.45, 7) is 0. The quantitative estimate of drug-likeness (QED) is 0.500. The molecule has 0 aromatic carbocycles. The van der Waals surface area contributed by atoms with Gasteiger partial charge in [0.25, 0.3) is 0 Å². The molecule has 0 spiro atoms. The van der Waals surface area contributed by atoms with Gasteiger partial charge in [0.15, 0.2) is 0 Å². The first-order valence-corrected chi connectivity index (χ1v) is 3.22. The summed E-state index contributed by atoms with van der Waals surface area (Å²) in [6, 6.07) is 11.9. The molecule has 0 fully saturated rings. The van der Waals surface area contributed by atoms with E-state index in [1.54, 1.807) is 6.26 Å². The molecule has 0 atom stereocenters. The Hall–Kier alpha value is -1.37. The Labute approximate surface area is 59.3 Å². The lowest BCUT2D eigenvalue weighted by Gasteiger charge is -1.71. The lowest BCUT2D eigenvalue weighted by molar-refractivity contribution is 0.584.